The van der Waals surface area contributed by atoms with Crippen molar-refractivity contribution < 1.29 is 9.18 Å². The topological polar surface area (TPSA) is 41.1 Å². The molecule has 2 N–H and O–H groups in total. The molecule has 3 aliphatic rings. The first kappa shape index (κ1) is 18.6. The van der Waals surface area contributed by atoms with Crippen LogP contribution in [0.5, 0.6) is 0 Å². The van der Waals surface area contributed by atoms with E-state index in [1.54, 1.807) is 12.1 Å². The van der Waals surface area contributed by atoms with Gasteiger partial charge in [-0.1, -0.05) is 30.3 Å². The van der Waals surface area contributed by atoms with Gasteiger partial charge in [0.15, 0.2) is 0 Å². The molecule has 2 saturated carbocycles. The summed E-state index contributed by atoms with van der Waals surface area (Å²) in [5.74, 6) is 2.06. The molecule has 1 aliphatic heterocycles. The monoisotopic (exact) mass is 412 g/mol. The third kappa shape index (κ3) is 3.13. The van der Waals surface area contributed by atoms with Crippen LogP contribution in [0.2, 0.25) is 0 Å². The van der Waals surface area contributed by atoms with Gasteiger partial charge in [0.05, 0.1) is 6.04 Å². The number of carbonyl (C=O) groups excluding carboxylic acids is 1. The lowest BCUT2D eigenvalue weighted by atomic mass is 9.68. The summed E-state index contributed by atoms with van der Waals surface area (Å²) in [4.78, 5) is 12.9. The zero-order chi connectivity index (χ0) is 20.9. The van der Waals surface area contributed by atoms with Crippen LogP contribution in [0, 0.1) is 23.6 Å². The lowest BCUT2D eigenvalue weighted by Gasteiger charge is -2.43. The zero-order valence-electron chi connectivity index (χ0n) is 17.2. The number of fused-ring (bicyclic) bond motifs is 7. The second kappa shape index (κ2) is 7.23. The summed E-state index contributed by atoms with van der Waals surface area (Å²) in [6.45, 7) is 0. The number of amides is 1. The molecule has 0 unspecified atom stereocenters. The smallest absolute Gasteiger partial charge is 0.255 e. The predicted octanol–water partition coefficient (Wildman–Crippen LogP) is 6.37. The van der Waals surface area contributed by atoms with Crippen LogP contribution >= 0.6 is 0 Å². The quantitative estimate of drug-likeness (QED) is 0.524. The van der Waals surface area contributed by atoms with Gasteiger partial charge in [-0.2, -0.15) is 0 Å². The van der Waals surface area contributed by atoms with Gasteiger partial charge >= 0.3 is 0 Å². The average molecular weight is 413 g/mol. The van der Waals surface area contributed by atoms with Gasteiger partial charge in [-0.05, 0) is 96.5 Å². The van der Waals surface area contributed by atoms with Crippen LogP contribution in [0.3, 0.4) is 0 Å². The summed E-state index contributed by atoms with van der Waals surface area (Å²) in [5.41, 5.74) is 5.06. The van der Waals surface area contributed by atoms with Gasteiger partial charge in [0.25, 0.3) is 5.91 Å². The summed E-state index contributed by atoms with van der Waals surface area (Å²) >= 11 is 0. The highest BCUT2D eigenvalue weighted by molar-refractivity contribution is 6.04. The maximum atomic E-state index is 13.2. The molecule has 2 aliphatic carbocycles. The van der Waals surface area contributed by atoms with Crippen molar-refractivity contribution in [3.63, 3.8) is 0 Å². The number of hydrogen-bond donors (Lipinski definition) is 2. The number of hydrogen-bond acceptors (Lipinski definition) is 2. The normalized spacial score (nSPS) is 27.8. The van der Waals surface area contributed by atoms with E-state index < -0.39 is 0 Å². The Morgan fingerprint density at radius 1 is 0.935 bits per heavy atom. The Morgan fingerprint density at radius 3 is 2.52 bits per heavy atom. The van der Waals surface area contributed by atoms with Crippen LogP contribution in [0.15, 0.2) is 72.8 Å². The van der Waals surface area contributed by atoms with Crippen LogP contribution in [0.4, 0.5) is 15.8 Å². The van der Waals surface area contributed by atoms with E-state index >= 15 is 0 Å². The van der Waals surface area contributed by atoms with Crippen molar-refractivity contribution in [2.24, 2.45) is 17.8 Å². The van der Waals surface area contributed by atoms with Crippen molar-refractivity contribution in [2.75, 3.05) is 10.6 Å². The molecule has 2 bridgehead atoms. The Bertz CT molecular complexity index is 1130. The Morgan fingerprint density at radius 2 is 1.71 bits per heavy atom. The SMILES string of the molecule is O=C(Nc1ccc(F)cc1)c1ccc2c(c1)[C@H]1[C@H]3CC[C@@H](C3)[C@H]1[C@H](c1ccccc1)N2. The standard InChI is InChI=1S/C27H25FN2O/c28-20-9-11-21(12-10-20)29-27(31)19-8-13-23-22(15-19)24-17-6-7-18(14-17)25(24)26(30-23)16-4-2-1-3-5-16/h1-5,8-13,15,17-18,24-26,30H,6-7,14H2,(H,29,31)/t17-,18-,24+,25+,26-/m0/s1. The van der Waals surface area contributed by atoms with Gasteiger partial charge in [-0.3, -0.25) is 4.79 Å². The molecule has 0 spiro atoms. The number of anilines is 2. The van der Waals surface area contributed by atoms with E-state index in [0.29, 0.717) is 35.0 Å². The molecule has 31 heavy (non-hydrogen) atoms. The minimum absolute atomic E-state index is 0.153. The molecule has 3 nitrogen and oxygen atoms in total. The van der Waals surface area contributed by atoms with Gasteiger partial charge in [-0.15, -0.1) is 0 Å². The number of rotatable bonds is 3. The first-order chi connectivity index (χ1) is 15.2. The van der Waals surface area contributed by atoms with Crippen molar-refractivity contribution in [3.05, 3.63) is 95.3 Å². The van der Waals surface area contributed by atoms with Crippen molar-refractivity contribution in [1.29, 1.82) is 0 Å². The van der Waals surface area contributed by atoms with Crippen molar-refractivity contribution in [1.82, 2.24) is 0 Å². The maximum Gasteiger partial charge on any atom is 0.255 e. The molecule has 1 amide bonds. The second-order valence-corrected chi connectivity index (χ2v) is 9.23. The van der Waals surface area contributed by atoms with E-state index in [-0.39, 0.29) is 11.7 Å². The fourth-order valence-electron chi connectivity index (χ4n) is 6.35. The molecular formula is C27H25FN2O. The maximum absolute atomic E-state index is 13.2. The minimum Gasteiger partial charge on any atom is -0.378 e. The zero-order valence-corrected chi connectivity index (χ0v) is 17.2. The number of nitrogens with one attached hydrogen (secondary N) is 2. The summed E-state index contributed by atoms with van der Waals surface area (Å²) in [5, 5.41) is 6.71. The molecule has 6 rings (SSSR count). The highest BCUT2D eigenvalue weighted by atomic mass is 19.1. The molecule has 0 saturated heterocycles. The molecule has 4 heteroatoms. The molecule has 0 radical (unpaired) electrons. The van der Waals surface area contributed by atoms with Crippen LogP contribution < -0.4 is 10.6 Å². The van der Waals surface area contributed by atoms with E-state index in [1.165, 1.54) is 42.5 Å². The Kier molecular flexibility index (Phi) is 4.34. The largest absolute Gasteiger partial charge is 0.378 e. The van der Waals surface area contributed by atoms with Crippen molar-refractivity contribution in [3.8, 4) is 0 Å². The second-order valence-electron chi connectivity index (χ2n) is 9.23. The van der Waals surface area contributed by atoms with Gasteiger partial charge in [0, 0.05) is 16.9 Å². The van der Waals surface area contributed by atoms with Crippen molar-refractivity contribution >= 4 is 17.3 Å². The van der Waals surface area contributed by atoms with Crippen LogP contribution in [0.1, 0.15) is 52.7 Å². The van der Waals surface area contributed by atoms with Crippen LogP contribution in [-0.4, -0.2) is 5.91 Å². The molecule has 1 heterocycles. The Balaban J connectivity index is 1.34. The van der Waals surface area contributed by atoms with Gasteiger partial charge in [-0.25, -0.2) is 4.39 Å². The van der Waals surface area contributed by atoms with Gasteiger partial charge < -0.3 is 10.6 Å². The Labute approximate surface area is 181 Å². The molecule has 156 valence electrons. The third-order valence-electron chi connectivity index (χ3n) is 7.61. The number of carbonyl (C=O) groups is 1. The lowest BCUT2D eigenvalue weighted by molar-refractivity contribution is 0.102. The lowest BCUT2D eigenvalue weighted by Crippen LogP contribution is -2.35. The predicted molar refractivity (Wildman–Crippen MR) is 121 cm³/mol. The summed E-state index contributed by atoms with van der Waals surface area (Å²) < 4.78 is 13.2. The van der Waals surface area contributed by atoms with E-state index in [0.717, 1.165) is 11.6 Å². The van der Waals surface area contributed by atoms with Crippen LogP contribution in [0.25, 0.3) is 0 Å². The molecule has 2 fully saturated rings. The summed E-state index contributed by atoms with van der Waals surface area (Å²) in [7, 11) is 0. The summed E-state index contributed by atoms with van der Waals surface area (Å²) in [6, 6.07) is 23.0. The van der Waals surface area contributed by atoms with Gasteiger partial charge in [0.1, 0.15) is 5.82 Å². The number of benzene rings is 3. The third-order valence-corrected chi connectivity index (χ3v) is 7.61. The highest BCUT2D eigenvalue weighted by Crippen LogP contribution is 2.63. The first-order valence-corrected chi connectivity index (χ1v) is 11.2. The van der Waals surface area contributed by atoms with E-state index in [4.69, 9.17) is 0 Å². The first-order valence-electron chi connectivity index (χ1n) is 11.2. The Hall–Kier alpha value is -3.14. The van der Waals surface area contributed by atoms with E-state index in [2.05, 4.69) is 53.1 Å². The summed E-state index contributed by atoms with van der Waals surface area (Å²) in [6.07, 6.45) is 3.90. The number of halogens is 1. The molecule has 0 aromatic heterocycles. The van der Waals surface area contributed by atoms with Crippen LogP contribution in [-0.2, 0) is 0 Å². The fraction of sp³-hybridized carbons (Fsp3) is 0.296. The van der Waals surface area contributed by atoms with Gasteiger partial charge in [0.2, 0.25) is 0 Å². The highest BCUT2D eigenvalue weighted by Gasteiger charge is 2.53. The average Bonchev–Trinajstić information content (AvgIpc) is 3.43. The van der Waals surface area contributed by atoms with E-state index in [9.17, 15) is 9.18 Å². The molecule has 5 atom stereocenters. The minimum atomic E-state index is -0.312. The van der Waals surface area contributed by atoms with Crippen molar-refractivity contribution in [2.45, 2.75) is 31.2 Å². The fourth-order valence-corrected chi connectivity index (χ4v) is 6.35. The van der Waals surface area contributed by atoms with E-state index in [1.807, 2.05) is 6.07 Å². The molecule has 3 aromatic carbocycles. The molecular weight excluding hydrogens is 387 g/mol. The molecule has 3 aromatic rings.